The fourth-order valence-electron chi connectivity index (χ4n) is 7.50. The molecule has 0 amide bonds. The summed E-state index contributed by atoms with van der Waals surface area (Å²) < 4.78 is 79.8. The molecule has 6 rings (SSSR count). The molecule has 0 N–H and O–H groups in total. The second-order valence-corrected chi connectivity index (χ2v) is 15.0. The zero-order valence-electron chi connectivity index (χ0n) is 34.6. The number of fused-ring (bicyclic) bond motifs is 5. The molecule has 13 heteroatoms. The number of hydrogen-bond acceptors (Lipinski definition) is 8. The van der Waals surface area contributed by atoms with Gasteiger partial charge in [0.2, 0.25) is 0 Å². The van der Waals surface area contributed by atoms with Crippen LogP contribution in [0.5, 0.6) is 5.75 Å². The summed E-state index contributed by atoms with van der Waals surface area (Å²) in [6, 6.07) is 25.7. The lowest BCUT2D eigenvalue weighted by atomic mass is 9.89. The summed E-state index contributed by atoms with van der Waals surface area (Å²) in [4.78, 5) is 32.1. The molecule has 0 aliphatic heterocycles. The molecular weight excluding hydrogens is 781 g/mol. The number of halogens is 4. The highest BCUT2D eigenvalue weighted by Gasteiger charge is 2.42. The van der Waals surface area contributed by atoms with Gasteiger partial charge in [-0.2, -0.15) is 8.78 Å². The van der Waals surface area contributed by atoms with E-state index in [1.165, 1.54) is 6.92 Å². The van der Waals surface area contributed by atoms with Gasteiger partial charge < -0.3 is 28.4 Å². The molecule has 0 fully saturated rings. The summed E-state index contributed by atoms with van der Waals surface area (Å²) in [5.74, 6) is -4.76. The number of ether oxygens (including phenoxy) is 4. The van der Waals surface area contributed by atoms with Crippen LogP contribution < -0.4 is 4.74 Å². The average molecular weight is 829 g/mol. The fraction of sp³-hybridized carbons (Fsp3) is 0.340. The van der Waals surface area contributed by atoms with Gasteiger partial charge in [-0.05, 0) is 81.5 Å². The molecule has 1 unspecified atom stereocenters. The van der Waals surface area contributed by atoms with Crippen molar-refractivity contribution in [1.29, 1.82) is 0 Å². The van der Waals surface area contributed by atoms with Crippen molar-refractivity contribution in [2.75, 3.05) is 33.5 Å². The Balaban J connectivity index is 1.64. The van der Waals surface area contributed by atoms with Crippen LogP contribution in [0, 0.1) is 20.8 Å². The molecule has 0 radical (unpaired) electrons. The van der Waals surface area contributed by atoms with Crippen molar-refractivity contribution in [3.8, 4) is 5.75 Å². The van der Waals surface area contributed by atoms with Crippen LogP contribution in [0.15, 0.2) is 90.1 Å². The van der Waals surface area contributed by atoms with E-state index in [0.717, 1.165) is 16.7 Å². The number of methoxy groups -OCH3 is 1. The first-order chi connectivity index (χ1) is 28.6. The third-order valence-corrected chi connectivity index (χ3v) is 10.1. The van der Waals surface area contributed by atoms with Crippen molar-refractivity contribution in [2.45, 2.75) is 72.6 Å². The number of ketones is 1. The van der Waals surface area contributed by atoms with E-state index in [0.29, 0.717) is 67.2 Å². The fourth-order valence-corrected chi connectivity index (χ4v) is 7.50. The summed E-state index contributed by atoms with van der Waals surface area (Å²) in [6.07, 6.45) is -5.33. The molecule has 0 spiro atoms. The van der Waals surface area contributed by atoms with Crippen LogP contribution >= 0.6 is 0 Å². The van der Waals surface area contributed by atoms with E-state index in [-0.39, 0.29) is 37.4 Å². The van der Waals surface area contributed by atoms with Crippen molar-refractivity contribution in [2.24, 2.45) is 5.16 Å². The molecule has 1 aromatic heterocycles. The predicted molar refractivity (Wildman–Crippen MR) is 224 cm³/mol. The van der Waals surface area contributed by atoms with Crippen molar-refractivity contribution in [3.05, 3.63) is 124 Å². The SMILES string of the molecule is COCCOc1ccccc1C(=NOC(C)=O)c1ccc2c(c1)c1cc(C(=O)c3c(C)cc(C)cc3C)c3ccccc3c1n2CC(COC(C)C)OCC(F)(F)C(F)F. The highest BCUT2D eigenvalue weighted by Crippen LogP contribution is 2.39. The van der Waals surface area contributed by atoms with Crippen LogP contribution in [0.25, 0.3) is 32.6 Å². The number of aromatic nitrogens is 1. The van der Waals surface area contributed by atoms with E-state index in [4.69, 9.17) is 23.8 Å². The number of para-hydroxylation sites is 1. The van der Waals surface area contributed by atoms with Gasteiger partial charge >= 0.3 is 18.3 Å². The maximum Gasteiger partial charge on any atom is 0.332 e. The zero-order chi connectivity index (χ0) is 43.3. The number of hydrogen-bond donors (Lipinski definition) is 0. The van der Waals surface area contributed by atoms with E-state index in [9.17, 15) is 27.2 Å². The number of aryl methyl sites for hydroxylation is 3. The Hall–Kier alpha value is -5.63. The molecule has 0 saturated carbocycles. The standard InChI is InChI=1S/C47H48F4N2O7/c1-27(2)58-25-33(59-26-47(50,51)46(48)49)24-53-40-17-16-32(43(52-60-31(6)54)36-14-10-11-15-41(36)57-19-18-56-7)22-37(40)38-23-39(34-12-8-9-13-35(34)44(38)53)45(55)42-29(4)20-28(3)21-30(42)5/h8-17,20-23,27,33,46H,18-19,24-26H2,1-7H3. The summed E-state index contributed by atoms with van der Waals surface area (Å²) in [7, 11) is 1.56. The van der Waals surface area contributed by atoms with Crippen LogP contribution in [0.2, 0.25) is 0 Å². The summed E-state index contributed by atoms with van der Waals surface area (Å²) in [6.45, 7) is 9.35. The normalized spacial score (nSPS) is 12.9. The number of carbonyl (C=O) groups is 2. The van der Waals surface area contributed by atoms with Crippen LogP contribution in [-0.2, 0) is 30.4 Å². The third-order valence-electron chi connectivity index (χ3n) is 10.1. The second kappa shape index (κ2) is 18.7. The van der Waals surface area contributed by atoms with Crippen molar-refractivity contribution in [1.82, 2.24) is 4.57 Å². The Morgan fingerprint density at radius 1 is 0.800 bits per heavy atom. The first-order valence-corrected chi connectivity index (χ1v) is 19.6. The van der Waals surface area contributed by atoms with Crippen molar-refractivity contribution >= 4 is 50.0 Å². The maximum absolute atomic E-state index is 14.7. The van der Waals surface area contributed by atoms with E-state index >= 15 is 0 Å². The van der Waals surface area contributed by atoms with Crippen LogP contribution in [0.1, 0.15) is 64.5 Å². The van der Waals surface area contributed by atoms with Gasteiger partial charge in [0, 0.05) is 58.0 Å². The molecule has 0 aliphatic rings. The summed E-state index contributed by atoms with van der Waals surface area (Å²) >= 11 is 0. The molecule has 1 heterocycles. The highest BCUT2D eigenvalue weighted by molar-refractivity contribution is 6.27. The summed E-state index contributed by atoms with van der Waals surface area (Å²) in [5.41, 5.74) is 6.26. The Morgan fingerprint density at radius 2 is 1.48 bits per heavy atom. The zero-order valence-corrected chi connectivity index (χ0v) is 34.6. The quantitative estimate of drug-likeness (QED) is 0.0213. The van der Waals surface area contributed by atoms with E-state index in [1.807, 2.05) is 73.9 Å². The lowest BCUT2D eigenvalue weighted by Gasteiger charge is -2.24. The van der Waals surface area contributed by atoms with E-state index in [2.05, 4.69) is 5.16 Å². The topological polar surface area (TPSA) is 97.6 Å². The summed E-state index contributed by atoms with van der Waals surface area (Å²) in [5, 5.41) is 6.89. The Morgan fingerprint density at radius 3 is 2.15 bits per heavy atom. The van der Waals surface area contributed by atoms with Crippen molar-refractivity contribution in [3.63, 3.8) is 0 Å². The number of oxime groups is 1. The van der Waals surface area contributed by atoms with Gasteiger partial charge in [-0.15, -0.1) is 0 Å². The highest BCUT2D eigenvalue weighted by atomic mass is 19.3. The molecule has 9 nitrogen and oxygen atoms in total. The molecule has 60 heavy (non-hydrogen) atoms. The van der Waals surface area contributed by atoms with Gasteiger partial charge in [-0.25, -0.2) is 13.6 Å². The smallest absolute Gasteiger partial charge is 0.332 e. The van der Waals surface area contributed by atoms with Gasteiger partial charge in [0.25, 0.3) is 0 Å². The van der Waals surface area contributed by atoms with Gasteiger partial charge in [0.15, 0.2) is 5.78 Å². The second-order valence-electron chi connectivity index (χ2n) is 15.0. The number of rotatable bonds is 18. The van der Waals surface area contributed by atoms with Gasteiger partial charge in [-0.3, -0.25) is 4.79 Å². The molecular formula is C47H48F4N2O7. The minimum atomic E-state index is -4.39. The lowest BCUT2D eigenvalue weighted by Crippen LogP contribution is -2.37. The largest absolute Gasteiger partial charge is 0.490 e. The van der Waals surface area contributed by atoms with E-state index < -0.39 is 31.0 Å². The third kappa shape index (κ3) is 9.54. The maximum atomic E-state index is 14.7. The molecule has 6 aromatic rings. The Bertz CT molecular complexity index is 2540. The number of alkyl halides is 4. The van der Waals surface area contributed by atoms with Gasteiger partial charge in [0.05, 0.1) is 37.5 Å². The number of benzene rings is 5. The number of nitrogens with zero attached hydrogens (tertiary/aromatic N) is 2. The molecule has 1 atom stereocenters. The van der Waals surface area contributed by atoms with Crippen molar-refractivity contribution < 1.29 is 50.9 Å². The van der Waals surface area contributed by atoms with Gasteiger partial charge in [0.1, 0.15) is 24.7 Å². The predicted octanol–water partition coefficient (Wildman–Crippen LogP) is 10.2. The van der Waals surface area contributed by atoms with Crippen LogP contribution in [-0.4, -0.2) is 80.1 Å². The average Bonchev–Trinajstić information content (AvgIpc) is 3.51. The van der Waals surface area contributed by atoms with E-state index in [1.54, 1.807) is 57.4 Å². The lowest BCUT2D eigenvalue weighted by molar-refractivity contribution is -0.183. The monoisotopic (exact) mass is 828 g/mol. The minimum Gasteiger partial charge on any atom is -0.490 e. The molecule has 0 aliphatic carbocycles. The van der Waals surface area contributed by atoms with Gasteiger partial charge in [-0.1, -0.05) is 65.3 Å². The number of carbonyl (C=O) groups excluding carboxylic acids is 2. The molecule has 0 bridgehead atoms. The Labute approximate surface area is 345 Å². The Kier molecular flexibility index (Phi) is 13.7. The first-order valence-electron chi connectivity index (χ1n) is 19.6. The molecule has 5 aromatic carbocycles. The molecule has 316 valence electrons. The molecule has 0 saturated heterocycles. The first kappa shape index (κ1) is 43.9. The van der Waals surface area contributed by atoms with Crippen LogP contribution in [0.4, 0.5) is 17.6 Å². The van der Waals surface area contributed by atoms with Crippen LogP contribution in [0.3, 0.4) is 0 Å². The minimum absolute atomic E-state index is 0.0799.